The summed E-state index contributed by atoms with van der Waals surface area (Å²) in [5.41, 5.74) is 0. The number of rotatable bonds is 3. The molecule has 0 radical (unpaired) electrons. The third-order valence-electron chi connectivity index (χ3n) is 3.06. The lowest BCUT2D eigenvalue weighted by Crippen LogP contribution is -2.56. The van der Waals surface area contributed by atoms with Gasteiger partial charge in [-0.15, -0.1) is 0 Å². The van der Waals surface area contributed by atoms with Crippen LogP contribution in [-0.2, 0) is 0 Å². The summed E-state index contributed by atoms with van der Waals surface area (Å²) in [5.74, 6) is -0.330. The van der Waals surface area contributed by atoms with Crippen molar-refractivity contribution in [1.29, 1.82) is 0 Å². The summed E-state index contributed by atoms with van der Waals surface area (Å²) >= 11 is 0. The molecule has 1 N–H and O–H groups in total. The van der Waals surface area contributed by atoms with Crippen molar-refractivity contribution in [3.8, 4) is 0 Å². The maximum Gasteiger partial charge on any atom is 0.404 e. The van der Waals surface area contributed by atoms with Gasteiger partial charge in [-0.05, 0) is 5.92 Å². The molecule has 5 heteroatoms. The summed E-state index contributed by atoms with van der Waals surface area (Å²) in [6.45, 7) is 5.79. The van der Waals surface area contributed by atoms with Gasteiger partial charge in [0, 0.05) is 26.2 Å². The van der Waals surface area contributed by atoms with Crippen molar-refractivity contribution < 1.29 is 13.2 Å². The number of hydrogen-bond acceptors (Lipinski definition) is 2. The molecule has 1 aliphatic heterocycles. The highest BCUT2D eigenvalue weighted by molar-refractivity contribution is 4.85. The highest BCUT2D eigenvalue weighted by Gasteiger charge is 2.46. The van der Waals surface area contributed by atoms with Crippen molar-refractivity contribution in [1.82, 2.24) is 10.2 Å². The summed E-state index contributed by atoms with van der Waals surface area (Å²) in [5, 5.41) is 3.07. The van der Waals surface area contributed by atoms with Gasteiger partial charge in [0.05, 0.1) is 0 Å². The van der Waals surface area contributed by atoms with Gasteiger partial charge in [-0.3, -0.25) is 4.90 Å². The van der Waals surface area contributed by atoms with Crippen LogP contribution in [0.2, 0.25) is 0 Å². The van der Waals surface area contributed by atoms with Gasteiger partial charge in [-0.25, -0.2) is 0 Å². The lowest BCUT2D eigenvalue weighted by molar-refractivity contribution is -0.198. The molecule has 90 valence electrons. The first-order valence-corrected chi connectivity index (χ1v) is 5.48. The van der Waals surface area contributed by atoms with Crippen molar-refractivity contribution in [2.24, 2.45) is 5.92 Å². The zero-order valence-electron chi connectivity index (χ0n) is 9.27. The molecule has 0 aromatic heterocycles. The standard InChI is InChI=1S/C10H19F3N2/c1-3-8(2)9(10(11,12)13)15-6-4-14-5-7-15/h8-9,14H,3-7H2,1-2H3/t8?,9-/m0/s1. The van der Waals surface area contributed by atoms with Gasteiger partial charge in [-0.1, -0.05) is 20.3 Å². The average Bonchev–Trinajstić information content (AvgIpc) is 2.17. The summed E-state index contributed by atoms with van der Waals surface area (Å²) in [7, 11) is 0. The number of halogens is 3. The third-order valence-corrected chi connectivity index (χ3v) is 3.06. The molecule has 1 aliphatic rings. The first-order valence-electron chi connectivity index (χ1n) is 5.48. The van der Waals surface area contributed by atoms with E-state index in [1.165, 1.54) is 0 Å². The third kappa shape index (κ3) is 3.34. The lowest BCUT2D eigenvalue weighted by Gasteiger charge is -2.38. The maximum absolute atomic E-state index is 12.9. The molecule has 0 aromatic rings. The van der Waals surface area contributed by atoms with E-state index in [0.717, 1.165) is 0 Å². The number of hydrogen-bond donors (Lipinski definition) is 1. The van der Waals surface area contributed by atoms with Crippen molar-refractivity contribution in [3.63, 3.8) is 0 Å². The monoisotopic (exact) mass is 224 g/mol. The van der Waals surface area contributed by atoms with Crippen LogP contribution in [0.3, 0.4) is 0 Å². The Morgan fingerprint density at radius 2 is 1.80 bits per heavy atom. The molecule has 0 aromatic carbocycles. The Balaban J connectivity index is 2.70. The van der Waals surface area contributed by atoms with Gasteiger partial charge in [-0.2, -0.15) is 13.2 Å². The molecule has 0 saturated carbocycles. The van der Waals surface area contributed by atoms with Crippen LogP contribution in [-0.4, -0.2) is 43.3 Å². The van der Waals surface area contributed by atoms with Crippen molar-refractivity contribution in [2.45, 2.75) is 32.5 Å². The second-order valence-corrected chi connectivity index (χ2v) is 4.16. The molecule has 1 unspecified atom stereocenters. The fraction of sp³-hybridized carbons (Fsp3) is 1.00. The van der Waals surface area contributed by atoms with E-state index in [1.54, 1.807) is 11.8 Å². The van der Waals surface area contributed by atoms with Crippen LogP contribution in [0.1, 0.15) is 20.3 Å². The molecule has 0 aliphatic carbocycles. The molecule has 1 fully saturated rings. The summed E-state index contributed by atoms with van der Waals surface area (Å²) in [6.07, 6.45) is -3.54. The van der Waals surface area contributed by atoms with E-state index < -0.39 is 12.2 Å². The molecule has 1 rings (SSSR count). The summed E-state index contributed by atoms with van der Waals surface area (Å²) in [6, 6.07) is -1.27. The number of nitrogens with one attached hydrogen (secondary N) is 1. The summed E-state index contributed by atoms with van der Waals surface area (Å²) in [4.78, 5) is 1.56. The van der Waals surface area contributed by atoms with Crippen LogP contribution >= 0.6 is 0 Å². The molecule has 2 atom stereocenters. The van der Waals surface area contributed by atoms with Crippen LogP contribution in [0, 0.1) is 5.92 Å². The van der Waals surface area contributed by atoms with E-state index in [1.807, 2.05) is 6.92 Å². The van der Waals surface area contributed by atoms with Gasteiger partial charge in [0.25, 0.3) is 0 Å². The van der Waals surface area contributed by atoms with E-state index in [4.69, 9.17) is 0 Å². The minimum atomic E-state index is -4.10. The molecule has 0 bridgehead atoms. The van der Waals surface area contributed by atoms with Gasteiger partial charge >= 0.3 is 6.18 Å². The smallest absolute Gasteiger partial charge is 0.314 e. The SMILES string of the molecule is CCC(C)[C@H](N1CCNCC1)C(F)(F)F. The Morgan fingerprint density at radius 1 is 1.27 bits per heavy atom. The Hall–Kier alpha value is -0.290. The fourth-order valence-electron chi connectivity index (χ4n) is 2.07. The zero-order chi connectivity index (χ0) is 11.5. The molecule has 0 spiro atoms. The molecular weight excluding hydrogens is 205 g/mol. The minimum Gasteiger partial charge on any atom is -0.314 e. The summed E-state index contributed by atoms with van der Waals surface area (Å²) < 4.78 is 38.6. The molecule has 15 heavy (non-hydrogen) atoms. The largest absolute Gasteiger partial charge is 0.404 e. The Labute approximate surface area is 88.8 Å². The van der Waals surface area contributed by atoms with E-state index in [-0.39, 0.29) is 5.92 Å². The van der Waals surface area contributed by atoms with E-state index >= 15 is 0 Å². The zero-order valence-corrected chi connectivity index (χ0v) is 9.27. The van der Waals surface area contributed by atoms with Gasteiger partial charge in [0.1, 0.15) is 6.04 Å². The number of alkyl halides is 3. The minimum absolute atomic E-state index is 0.330. The van der Waals surface area contributed by atoms with Crippen LogP contribution in [0.4, 0.5) is 13.2 Å². The second-order valence-electron chi connectivity index (χ2n) is 4.16. The molecule has 1 saturated heterocycles. The Bertz CT molecular complexity index is 188. The predicted octanol–water partition coefficient (Wildman–Crippen LogP) is 1.87. The maximum atomic E-state index is 12.9. The first-order chi connectivity index (χ1) is 6.96. The van der Waals surface area contributed by atoms with Crippen LogP contribution in [0.25, 0.3) is 0 Å². The van der Waals surface area contributed by atoms with Crippen molar-refractivity contribution in [3.05, 3.63) is 0 Å². The van der Waals surface area contributed by atoms with Crippen molar-refractivity contribution >= 4 is 0 Å². The highest BCUT2D eigenvalue weighted by Crippen LogP contribution is 2.31. The molecule has 0 amide bonds. The van der Waals surface area contributed by atoms with E-state index in [2.05, 4.69) is 5.32 Å². The molecule has 1 heterocycles. The Morgan fingerprint density at radius 3 is 2.20 bits per heavy atom. The van der Waals surface area contributed by atoms with Gasteiger partial charge in [0.2, 0.25) is 0 Å². The number of piperazine rings is 1. The van der Waals surface area contributed by atoms with Gasteiger partial charge < -0.3 is 5.32 Å². The fourth-order valence-corrected chi connectivity index (χ4v) is 2.07. The van der Waals surface area contributed by atoms with Gasteiger partial charge in [0.15, 0.2) is 0 Å². The van der Waals surface area contributed by atoms with E-state index in [0.29, 0.717) is 32.6 Å². The normalized spacial score (nSPS) is 23.8. The first kappa shape index (κ1) is 12.8. The molecular formula is C10H19F3N2. The van der Waals surface area contributed by atoms with Crippen molar-refractivity contribution in [2.75, 3.05) is 26.2 Å². The average molecular weight is 224 g/mol. The highest BCUT2D eigenvalue weighted by atomic mass is 19.4. The second kappa shape index (κ2) is 5.16. The molecule has 2 nitrogen and oxygen atoms in total. The topological polar surface area (TPSA) is 15.3 Å². The quantitative estimate of drug-likeness (QED) is 0.787. The lowest BCUT2D eigenvalue weighted by atomic mass is 9.96. The predicted molar refractivity (Wildman–Crippen MR) is 53.7 cm³/mol. The van der Waals surface area contributed by atoms with Crippen LogP contribution in [0.5, 0.6) is 0 Å². The number of nitrogens with zero attached hydrogens (tertiary/aromatic N) is 1. The van der Waals surface area contributed by atoms with E-state index in [9.17, 15) is 13.2 Å². The Kier molecular flexibility index (Phi) is 4.40. The van der Waals surface area contributed by atoms with Crippen LogP contribution in [0.15, 0.2) is 0 Å². The van der Waals surface area contributed by atoms with Crippen LogP contribution < -0.4 is 5.32 Å².